The van der Waals surface area contributed by atoms with E-state index in [4.69, 9.17) is 4.74 Å². The van der Waals surface area contributed by atoms with Gasteiger partial charge in [-0.15, -0.1) is 0 Å². The molecule has 2 N–H and O–H groups in total. The fourth-order valence-corrected chi connectivity index (χ4v) is 1.75. The van der Waals surface area contributed by atoms with E-state index in [1.807, 2.05) is 0 Å². The Hall–Kier alpha value is -2.71. The molecule has 2 aromatic rings. The third-order valence-corrected chi connectivity index (χ3v) is 2.85. The molecule has 0 spiro atoms. The predicted molar refractivity (Wildman–Crippen MR) is 83.8 cm³/mol. The highest BCUT2D eigenvalue weighted by Crippen LogP contribution is 2.14. The highest BCUT2D eigenvalue weighted by molar-refractivity contribution is 5.96. The summed E-state index contributed by atoms with van der Waals surface area (Å²) in [5, 5.41) is 2.66. The van der Waals surface area contributed by atoms with Crippen molar-refractivity contribution in [2.45, 2.75) is 32.8 Å². The van der Waals surface area contributed by atoms with E-state index in [0.717, 1.165) is 0 Å². The number of H-pyrrole nitrogens is 1. The minimum atomic E-state index is -0.569. The van der Waals surface area contributed by atoms with Crippen LogP contribution in [0.3, 0.4) is 0 Å². The van der Waals surface area contributed by atoms with Crippen molar-refractivity contribution >= 4 is 29.0 Å². The van der Waals surface area contributed by atoms with Gasteiger partial charge in [0, 0.05) is 20.0 Å². The van der Waals surface area contributed by atoms with Crippen LogP contribution in [0.5, 0.6) is 0 Å². The molecule has 9 heteroatoms. The van der Waals surface area contributed by atoms with Gasteiger partial charge in [0.2, 0.25) is 5.91 Å². The fourth-order valence-electron chi connectivity index (χ4n) is 1.75. The van der Waals surface area contributed by atoms with Crippen LogP contribution >= 0.6 is 0 Å². The molecule has 0 aliphatic heterocycles. The van der Waals surface area contributed by atoms with Gasteiger partial charge in [0.1, 0.15) is 11.9 Å². The van der Waals surface area contributed by atoms with E-state index in [1.165, 1.54) is 17.6 Å². The first-order valence-corrected chi connectivity index (χ1v) is 7.14. The van der Waals surface area contributed by atoms with Crippen LogP contribution in [-0.2, 0) is 9.53 Å². The maximum Gasteiger partial charge on any atom is 0.410 e. The first kappa shape index (κ1) is 16.7. The molecular weight excluding hydrogens is 300 g/mol. The molecule has 0 radical (unpaired) electrons. The van der Waals surface area contributed by atoms with E-state index >= 15 is 0 Å². The maximum absolute atomic E-state index is 12.0. The van der Waals surface area contributed by atoms with Gasteiger partial charge in [-0.2, -0.15) is 0 Å². The van der Waals surface area contributed by atoms with Gasteiger partial charge >= 0.3 is 6.09 Å². The normalized spacial score (nSPS) is 11.3. The Balaban J connectivity index is 1.88. The van der Waals surface area contributed by atoms with E-state index < -0.39 is 11.7 Å². The second-order valence-corrected chi connectivity index (χ2v) is 6.02. The number of hydrogen-bond acceptors (Lipinski definition) is 6. The Morgan fingerprint density at radius 2 is 2.04 bits per heavy atom. The molecule has 2 amide bonds. The fraction of sp³-hybridized carbons (Fsp3) is 0.500. The molecule has 124 valence electrons. The van der Waals surface area contributed by atoms with Crippen LogP contribution in [0.4, 0.5) is 10.6 Å². The lowest BCUT2D eigenvalue weighted by atomic mass is 10.2. The van der Waals surface area contributed by atoms with Gasteiger partial charge < -0.3 is 19.9 Å². The number of ether oxygens (including phenoxy) is 1. The van der Waals surface area contributed by atoms with Crippen molar-refractivity contribution < 1.29 is 14.3 Å². The Morgan fingerprint density at radius 1 is 1.30 bits per heavy atom. The second kappa shape index (κ2) is 6.59. The van der Waals surface area contributed by atoms with Crippen molar-refractivity contribution in [3.63, 3.8) is 0 Å². The number of carbonyl (C=O) groups excluding carboxylic acids is 2. The third-order valence-electron chi connectivity index (χ3n) is 2.85. The van der Waals surface area contributed by atoms with Crippen LogP contribution in [0.2, 0.25) is 0 Å². The molecule has 0 aliphatic carbocycles. The van der Waals surface area contributed by atoms with Crippen LogP contribution in [0.15, 0.2) is 12.7 Å². The van der Waals surface area contributed by atoms with Crippen LogP contribution < -0.4 is 5.32 Å². The highest BCUT2D eigenvalue weighted by Gasteiger charge is 2.20. The van der Waals surface area contributed by atoms with Gasteiger partial charge in [0.25, 0.3) is 0 Å². The lowest BCUT2D eigenvalue weighted by molar-refractivity contribution is -0.116. The topological polar surface area (TPSA) is 113 Å². The number of anilines is 1. The number of rotatable bonds is 4. The van der Waals surface area contributed by atoms with Crippen molar-refractivity contribution in [1.29, 1.82) is 0 Å². The predicted octanol–water partition coefficient (Wildman–Crippen LogP) is 1.55. The van der Waals surface area contributed by atoms with Crippen molar-refractivity contribution in [2.75, 3.05) is 18.9 Å². The van der Waals surface area contributed by atoms with E-state index in [0.29, 0.717) is 17.0 Å². The molecule has 0 aromatic carbocycles. The molecule has 9 nitrogen and oxygen atoms in total. The number of hydrogen-bond donors (Lipinski definition) is 2. The summed E-state index contributed by atoms with van der Waals surface area (Å²) in [6.45, 7) is 5.59. The zero-order valence-corrected chi connectivity index (χ0v) is 13.6. The smallest absolute Gasteiger partial charge is 0.410 e. The van der Waals surface area contributed by atoms with Crippen LogP contribution in [-0.4, -0.2) is 56.0 Å². The largest absolute Gasteiger partial charge is 0.444 e. The molecule has 0 bridgehead atoms. The van der Waals surface area contributed by atoms with Gasteiger partial charge in [-0.25, -0.2) is 19.7 Å². The summed E-state index contributed by atoms with van der Waals surface area (Å²) in [6.07, 6.45) is 2.46. The van der Waals surface area contributed by atoms with E-state index in [9.17, 15) is 9.59 Å². The molecule has 0 unspecified atom stereocenters. The molecule has 2 aromatic heterocycles. The van der Waals surface area contributed by atoms with Crippen LogP contribution in [0.1, 0.15) is 27.2 Å². The van der Waals surface area contributed by atoms with Gasteiger partial charge in [-0.05, 0) is 20.8 Å². The standard InChI is InChI=1S/C14H20N6O3/c1-14(2,3)23-13(22)20(4)6-5-9(21)19-12-10-11(16-7-15-10)17-8-18-12/h7-8H,5-6H2,1-4H3,(H2,15,16,17,18,19,21). The summed E-state index contributed by atoms with van der Waals surface area (Å²) >= 11 is 0. The van der Waals surface area contributed by atoms with Gasteiger partial charge in [-0.1, -0.05) is 0 Å². The lowest BCUT2D eigenvalue weighted by Gasteiger charge is -2.24. The first-order chi connectivity index (χ1) is 10.8. The number of aromatic nitrogens is 4. The Labute approximate surface area is 133 Å². The van der Waals surface area contributed by atoms with Crippen molar-refractivity contribution in [3.8, 4) is 0 Å². The zero-order valence-electron chi connectivity index (χ0n) is 13.6. The lowest BCUT2D eigenvalue weighted by Crippen LogP contribution is -2.35. The summed E-state index contributed by atoms with van der Waals surface area (Å²) in [5.74, 6) is 0.0598. The highest BCUT2D eigenvalue weighted by atomic mass is 16.6. The summed E-state index contributed by atoms with van der Waals surface area (Å²) in [5.41, 5.74) is 0.461. The maximum atomic E-state index is 12.0. The molecule has 0 aliphatic rings. The average Bonchev–Trinajstić information content (AvgIpc) is 2.92. The van der Waals surface area contributed by atoms with E-state index in [1.54, 1.807) is 27.8 Å². The first-order valence-electron chi connectivity index (χ1n) is 7.14. The van der Waals surface area contributed by atoms with Crippen LogP contribution in [0.25, 0.3) is 11.2 Å². The summed E-state index contributed by atoms with van der Waals surface area (Å²) in [7, 11) is 1.58. The minimum Gasteiger partial charge on any atom is -0.444 e. The van der Waals surface area contributed by atoms with Crippen molar-refractivity contribution in [3.05, 3.63) is 12.7 Å². The monoisotopic (exact) mass is 320 g/mol. The molecule has 0 atom stereocenters. The molecule has 0 fully saturated rings. The minimum absolute atomic E-state index is 0.117. The quantitative estimate of drug-likeness (QED) is 0.883. The molecule has 2 rings (SSSR count). The van der Waals surface area contributed by atoms with Gasteiger partial charge in [0.15, 0.2) is 17.0 Å². The number of carbonyl (C=O) groups is 2. The molecular formula is C14H20N6O3. The SMILES string of the molecule is CN(CCC(=O)Nc1ncnc2[nH]cnc12)C(=O)OC(C)(C)C. The summed E-state index contributed by atoms with van der Waals surface area (Å²) in [6, 6.07) is 0. The third kappa shape index (κ3) is 4.63. The summed E-state index contributed by atoms with van der Waals surface area (Å²) < 4.78 is 5.22. The number of imidazole rings is 1. The average molecular weight is 320 g/mol. The Morgan fingerprint density at radius 3 is 2.74 bits per heavy atom. The van der Waals surface area contributed by atoms with E-state index in [-0.39, 0.29) is 18.9 Å². The van der Waals surface area contributed by atoms with Gasteiger partial charge in [0.05, 0.1) is 6.33 Å². The Bertz CT molecular complexity index is 706. The Kier molecular flexibility index (Phi) is 4.77. The number of nitrogens with one attached hydrogen (secondary N) is 2. The number of aromatic amines is 1. The summed E-state index contributed by atoms with van der Waals surface area (Å²) in [4.78, 5) is 40.0. The molecule has 0 saturated carbocycles. The molecule has 0 saturated heterocycles. The number of amides is 2. The van der Waals surface area contributed by atoms with Crippen molar-refractivity contribution in [2.24, 2.45) is 0 Å². The number of fused-ring (bicyclic) bond motifs is 1. The van der Waals surface area contributed by atoms with E-state index in [2.05, 4.69) is 25.3 Å². The zero-order chi connectivity index (χ0) is 17.0. The number of nitrogens with zero attached hydrogens (tertiary/aromatic N) is 4. The second-order valence-electron chi connectivity index (χ2n) is 6.02. The van der Waals surface area contributed by atoms with Crippen molar-refractivity contribution in [1.82, 2.24) is 24.8 Å². The van der Waals surface area contributed by atoms with Gasteiger partial charge in [-0.3, -0.25) is 4.79 Å². The van der Waals surface area contributed by atoms with Crippen LogP contribution in [0, 0.1) is 0 Å². The molecule has 2 heterocycles. The molecule has 23 heavy (non-hydrogen) atoms.